The van der Waals surface area contributed by atoms with Crippen LogP contribution in [-0.2, 0) is 11.3 Å². The number of ether oxygens (including phenoxy) is 1. The van der Waals surface area contributed by atoms with Gasteiger partial charge in [-0.3, -0.25) is 0 Å². The maximum Gasteiger partial charge on any atom is 0.340 e. The minimum absolute atomic E-state index is 0.289. The number of carbonyl (C=O) groups is 1. The van der Waals surface area contributed by atoms with E-state index in [1.54, 1.807) is 31.2 Å². The average Bonchev–Trinajstić information content (AvgIpc) is 2.46. The van der Waals surface area contributed by atoms with Gasteiger partial charge in [0.15, 0.2) is 0 Å². The highest BCUT2D eigenvalue weighted by molar-refractivity contribution is 5.98. The van der Waals surface area contributed by atoms with E-state index in [1.807, 2.05) is 6.07 Å². The lowest BCUT2D eigenvalue weighted by Gasteiger charge is -2.12. The van der Waals surface area contributed by atoms with E-state index < -0.39 is 5.97 Å². The third-order valence-corrected chi connectivity index (χ3v) is 2.97. The number of hydrogen-bond acceptors (Lipinski definition) is 4. The predicted molar refractivity (Wildman–Crippen MR) is 80.5 cm³/mol. The number of hydrogen-bond donors (Lipinski definition) is 2. The normalized spacial score (nSPS) is 10.2. The zero-order valence-corrected chi connectivity index (χ0v) is 11.7. The molecular weight excluding hydrogens is 271 g/mol. The Balaban J connectivity index is 2.13. The Bertz CT molecular complexity index is 644. The van der Waals surface area contributed by atoms with E-state index in [2.05, 4.69) is 5.32 Å². The number of halogens is 1. The van der Waals surface area contributed by atoms with Gasteiger partial charge in [0.1, 0.15) is 5.82 Å². The second kappa shape index (κ2) is 6.74. The largest absolute Gasteiger partial charge is 0.462 e. The first-order valence-corrected chi connectivity index (χ1v) is 6.65. The van der Waals surface area contributed by atoms with E-state index in [1.165, 1.54) is 12.1 Å². The van der Waals surface area contributed by atoms with Crippen molar-refractivity contribution >= 4 is 17.3 Å². The maximum absolute atomic E-state index is 13.1. The van der Waals surface area contributed by atoms with Gasteiger partial charge in [-0.2, -0.15) is 0 Å². The lowest BCUT2D eigenvalue weighted by atomic mass is 10.1. The van der Waals surface area contributed by atoms with E-state index in [9.17, 15) is 9.18 Å². The summed E-state index contributed by atoms with van der Waals surface area (Å²) in [5.74, 6) is -0.744. The van der Waals surface area contributed by atoms with Gasteiger partial charge in [0.25, 0.3) is 0 Å². The van der Waals surface area contributed by atoms with Gasteiger partial charge in [-0.1, -0.05) is 18.2 Å². The molecule has 5 heteroatoms. The average molecular weight is 288 g/mol. The van der Waals surface area contributed by atoms with Crippen molar-refractivity contribution in [3.63, 3.8) is 0 Å². The molecule has 4 nitrogen and oxygen atoms in total. The van der Waals surface area contributed by atoms with Crippen molar-refractivity contribution in [3.8, 4) is 0 Å². The number of anilines is 2. The molecule has 0 atom stereocenters. The summed E-state index contributed by atoms with van der Waals surface area (Å²) in [6.45, 7) is 2.44. The van der Waals surface area contributed by atoms with Gasteiger partial charge in [-0.25, -0.2) is 9.18 Å². The minimum Gasteiger partial charge on any atom is -0.462 e. The Morgan fingerprint density at radius 2 is 2.05 bits per heavy atom. The molecule has 2 rings (SSSR count). The SMILES string of the molecule is CCOC(=O)c1cccc(NCc2cccc(F)c2)c1N. The Morgan fingerprint density at radius 3 is 2.76 bits per heavy atom. The van der Waals surface area contributed by atoms with E-state index in [0.717, 1.165) is 5.56 Å². The standard InChI is InChI=1S/C16H17FN2O2/c1-2-21-16(20)13-7-4-8-14(15(13)18)19-10-11-5-3-6-12(17)9-11/h3-9,19H,2,10,18H2,1H3. The molecule has 110 valence electrons. The van der Waals surface area contributed by atoms with E-state index in [4.69, 9.17) is 10.5 Å². The molecule has 0 amide bonds. The van der Waals surface area contributed by atoms with Crippen LogP contribution in [0.4, 0.5) is 15.8 Å². The molecule has 0 radical (unpaired) electrons. The van der Waals surface area contributed by atoms with E-state index in [0.29, 0.717) is 30.1 Å². The second-order valence-electron chi connectivity index (χ2n) is 4.47. The summed E-state index contributed by atoms with van der Waals surface area (Å²) in [5, 5.41) is 3.09. The molecule has 2 aromatic rings. The Labute approximate surface area is 122 Å². The van der Waals surface area contributed by atoms with Crippen LogP contribution in [-0.4, -0.2) is 12.6 Å². The molecule has 0 spiro atoms. The summed E-state index contributed by atoms with van der Waals surface area (Å²) in [6, 6.07) is 11.4. The zero-order chi connectivity index (χ0) is 15.2. The third-order valence-electron chi connectivity index (χ3n) is 2.97. The molecule has 0 aliphatic rings. The van der Waals surface area contributed by atoms with E-state index in [-0.39, 0.29) is 5.82 Å². The van der Waals surface area contributed by atoms with Crippen LogP contribution in [0.25, 0.3) is 0 Å². The van der Waals surface area contributed by atoms with Crippen LogP contribution in [0.3, 0.4) is 0 Å². The summed E-state index contributed by atoms with van der Waals surface area (Å²) in [5.41, 5.74) is 8.02. The fourth-order valence-electron chi connectivity index (χ4n) is 1.95. The summed E-state index contributed by atoms with van der Waals surface area (Å²) in [7, 11) is 0. The molecule has 0 aromatic heterocycles. The summed E-state index contributed by atoms with van der Waals surface area (Å²) >= 11 is 0. The number of nitrogens with two attached hydrogens (primary N) is 1. The van der Waals surface area contributed by atoms with Gasteiger partial charge in [0.05, 0.1) is 23.5 Å². The minimum atomic E-state index is -0.454. The quantitative estimate of drug-likeness (QED) is 0.655. The molecule has 0 saturated carbocycles. The van der Waals surface area contributed by atoms with Gasteiger partial charge in [-0.15, -0.1) is 0 Å². The molecule has 0 fully saturated rings. The first-order valence-electron chi connectivity index (χ1n) is 6.65. The van der Waals surface area contributed by atoms with Crippen molar-refractivity contribution in [2.75, 3.05) is 17.7 Å². The van der Waals surface area contributed by atoms with Crippen LogP contribution in [0.5, 0.6) is 0 Å². The highest BCUT2D eigenvalue weighted by atomic mass is 19.1. The van der Waals surface area contributed by atoms with Crippen LogP contribution < -0.4 is 11.1 Å². The van der Waals surface area contributed by atoms with Crippen molar-refractivity contribution in [3.05, 3.63) is 59.4 Å². The fraction of sp³-hybridized carbons (Fsp3) is 0.188. The number of nitrogens with one attached hydrogen (secondary N) is 1. The van der Waals surface area contributed by atoms with Crippen molar-refractivity contribution in [2.24, 2.45) is 0 Å². The van der Waals surface area contributed by atoms with Crippen LogP contribution in [0.1, 0.15) is 22.8 Å². The Hall–Kier alpha value is -2.56. The van der Waals surface area contributed by atoms with Gasteiger partial charge < -0.3 is 15.8 Å². The Morgan fingerprint density at radius 1 is 1.29 bits per heavy atom. The summed E-state index contributed by atoms with van der Waals surface area (Å²) in [6.07, 6.45) is 0. The topological polar surface area (TPSA) is 64.3 Å². The number of benzene rings is 2. The molecule has 3 N–H and O–H groups in total. The van der Waals surface area contributed by atoms with Gasteiger partial charge in [0.2, 0.25) is 0 Å². The fourth-order valence-corrected chi connectivity index (χ4v) is 1.95. The predicted octanol–water partition coefficient (Wildman–Crippen LogP) is 3.20. The molecule has 0 heterocycles. The molecule has 0 aliphatic heterocycles. The highest BCUT2D eigenvalue weighted by Gasteiger charge is 2.13. The van der Waals surface area contributed by atoms with Crippen molar-refractivity contribution < 1.29 is 13.9 Å². The monoisotopic (exact) mass is 288 g/mol. The van der Waals surface area contributed by atoms with Crippen molar-refractivity contribution in [1.82, 2.24) is 0 Å². The number of esters is 1. The summed E-state index contributed by atoms with van der Waals surface area (Å²) in [4.78, 5) is 11.8. The molecule has 0 unspecified atom stereocenters. The molecular formula is C16H17FN2O2. The third kappa shape index (κ3) is 3.72. The van der Waals surface area contributed by atoms with Crippen LogP contribution in [0.2, 0.25) is 0 Å². The number of carbonyl (C=O) groups excluding carboxylic acids is 1. The van der Waals surface area contributed by atoms with Crippen LogP contribution >= 0.6 is 0 Å². The van der Waals surface area contributed by atoms with E-state index >= 15 is 0 Å². The highest BCUT2D eigenvalue weighted by Crippen LogP contribution is 2.24. The Kier molecular flexibility index (Phi) is 4.77. The smallest absolute Gasteiger partial charge is 0.340 e. The van der Waals surface area contributed by atoms with Crippen molar-refractivity contribution in [2.45, 2.75) is 13.5 Å². The van der Waals surface area contributed by atoms with Crippen molar-refractivity contribution in [1.29, 1.82) is 0 Å². The molecule has 21 heavy (non-hydrogen) atoms. The van der Waals surface area contributed by atoms with Crippen LogP contribution in [0.15, 0.2) is 42.5 Å². The first kappa shape index (κ1) is 14.8. The number of rotatable bonds is 5. The summed E-state index contributed by atoms with van der Waals surface area (Å²) < 4.78 is 18.1. The lowest BCUT2D eigenvalue weighted by molar-refractivity contribution is 0.0527. The zero-order valence-electron chi connectivity index (χ0n) is 11.7. The number of nitrogen functional groups attached to an aromatic ring is 1. The molecule has 0 aliphatic carbocycles. The van der Waals surface area contributed by atoms with Gasteiger partial charge in [-0.05, 0) is 36.8 Å². The maximum atomic E-state index is 13.1. The lowest BCUT2D eigenvalue weighted by Crippen LogP contribution is -2.10. The molecule has 0 bridgehead atoms. The molecule has 2 aromatic carbocycles. The number of para-hydroxylation sites is 1. The first-order chi connectivity index (χ1) is 10.1. The molecule has 0 saturated heterocycles. The second-order valence-corrected chi connectivity index (χ2v) is 4.47. The van der Waals surface area contributed by atoms with Crippen LogP contribution in [0, 0.1) is 5.82 Å². The van der Waals surface area contributed by atoms with Gasteiger partial charge >= 0.3 is 5.97 Å². The van der Waals surface area contributed by atoms with Gasteiger partial charge in [0, 0.05) is 6.54 Å².